The molecule has 9 heteroatoms. The Hall–Kier alpha value is -3.91. The van der Waals surface area contributed by atoms with Crippen molar-refractivity contribution in [2.45, 2.75) is 19.8 Å². The minimum atomic E-state index is -0.497. The molecule has 2 heterocycles. The number of carbonyl (C=O) groups excluding carboxylic acids is 1. The van der Waals surface area contributed by atoms with E-state index in [-0.39, 0.29) is 11.3 Å². The Morgan fingerprint density at radius 3 is 2.68 bits per heavy atom. The maximum Gasteiger partial charge on any atom is 0.293 e. The molecule has 1 N–H and O–H groups in total. The van der Waals surface area contributed by atoms with Crippen LogP contribution < -0.4 is 10.2 Å². The first-order valence-corrected chi connectivity index (χ1v) is 11.3. The number of oxazole rings is 1. The van der Waals surface area contributed by atoms with E-state index in [1.807, 2.05) is 30.0 Å². The first-order valence-electron chi connectivity index (χ1n) is 10.9. The number of anilines is 2. The predicted molar refractivity (Wildman–Crippen MR) is 132 cm³/mol. The Balaban J connectivity index is 1.43. The van der Waals surface area contributed by atoms with Crippen LogP contribution in [-0.2, 0) is 0 Å². The Labute approximate surface area is 200 Å². The van der Waals surface area contributed by atoms with Gasteiger partial charge < -0.3 is 14.6 Å². The summed E-state index contributed by atoms with van der Waals surface area (Å²) in [4.78, 5) is 30.7. The third kappa shape index (κ3) is 4.20. The summed E-state index contributed by atoms with van der Waals surface area (Å²) in [5.74, 6) is -0.0957. The van der Waals surface area contributed by atoms with Crippen LogP contribution in [0.5, 0.6) is 0 Å². The number of nitrogens with zero attached hydrogens (tertiary/aromatic N) is 3. The van der Waals surface area contributed by atoms with Gasteiger partial charge in [-0.3, -0.25) is 14.9 Å². The molecule has 1 amide bonds. The summed E-state index contributed by atoms with van der Waals surface area (Å²) in [6.07, 6.45) is 1.99. The topological polar surface area (TPSA) is 102 Å². The molecule has 4 aromatic rings. The average molecular weight is 477 g/mol. The lowest BCUT2D eigenvalue weighted by Gasteiger charge is -2.18. The molecule has 0 saturated carbocycles. The van der Waals surface area contributed by atoms with E-state index >= 15 is 0 Å². The molecule has 1 aromatic heterocycles. The standard InChI is InChI=1S/C25H21ClN4O4/c1-15-4-9-23-20(12-15)28-25(34-23)17-5-7-18(26)19(13-17)27-24(31)16-6-8-21(22(14-16)30(32)33)29-10-2-3-11-29/h4-9,12-14H,2-3,10-11H2,1H3,(H,27,31). The van der Waals surface area contributed by atoms with E-state index in [0.29, 0.717) is 33.4 Å². The van der Waals surface area contributed by atoms with Crippen LogP contribution in [0.4, 0.5) is 17.1 Å². The number of benzene rings is 3. The fourth-order valence-corrected chi connectivity index (χ4v) is 4.31. The number of aryl methyl sites for hydroxylation is 1. The maximum atomic E-state index is 13.0. The highest BCUT2D eigenvalue weighted by Crippen LogP contribution is 2.33. The van der Waals surface area contributed by atoms with Gasteiger partial charge in [0.05, 0.1) is 15.6 Å². The molecule has 0 aliphatic carbocycles. The number of halogens is 1. The number of carbonyl (C=O) groups is 1. The molecule has 1 aliphatic heterocycles. The molecule has 0 spiro atoms. The summed E-state index contributed by atoms with van der Waals surface area (Å²) in [6, 6.07) is 15.3. The van der Waals surface area contributed by atoms with Crippen molar-refractivity contribution in [3.8, 4) is 11.5 Å². The van der Waals surface area contributed by atoms with Crippen LogP contribution in [0.2, 0.25) is 5.02 Å². The van der Waals surface area contributed by atoms with Crippen LogP contribution in [0, 0.1) is 17.0 Å². The van der Waals surface area contributed by atoms with E-state index in [1.165, 1.54) is 6.07 Å². The molecule has 0 unspecified atom stereocenters. The lowest BCUT2D eigenvalue weighted by Crippen LogP contribution is -2.20. The summed E-state index contributed by atoms with van der Waals surface area (Å²) >= 11 is 6.33. The van der Waals surface area contributed by atoms with E-state index in [4.69, 9.17) is 16.0 Å². The van der Waals surface area contributed by atoms with Gasteiger partial charge in [-0.15, -0.1) is 0 Å². The molecule has 172 valence electrons. The van der Waals surface area contributed by atoms with Crippen LogP contribution >= 0.6 is 11.6 Å². The average Bonchev–Trinajstić information content (AvgIpc) is 3.50. The second kappa shape index (κ2) is 8.79. The second-order valence-corrected chi connectivity index (χ2v) is 8.70. The number of amides is 1. The highest BCUT2D eigenvalue weighted by atomic mass is 35.5. The van der Waals surface area contributed by atoms with Gasteiger partial charge >= 0.3 is 0 Å². The first-order chi connectivity index (χ1) is 16.4. The smallest absolute Gasteiger partial charge is 0.293 e. The summed E-state index contributed by atoms with van der Waals surface area (Å²) < 4.78 is 5.85. The highest BCUT2D eigenvalue weighted by molar-refractivity contribution is 6.34. The Morgan fingerprint density at radius 1 is 1.12 bits per heavy atom. The van der Waals surface area contributed by atoms with Crippen molar-refractivity contribution in [1.29, 1.82) is 0 Å². The van der Waals surface area contributed by atoms with Crippen molar-refractivity contribution in [1.82, 2.24) is 4.98 Å². The van der Waals surface area contributed by atoms with Gasteiger partial charge in [-0.2, -0.15) is 0 Å². The fraction of sp³-hybridized carbons (Fsp3) is 0.200. The molecule has 0 atom stereocenters. The lowest BCUT2D eigenvalue weighted by atomic mass is 10.1. The van der Waals surface area contributed by atoms with Crippen molar-refractivity contribution in [2.24, 2.45) is 0 Å². The fourth-order valence-electron chi connectivity index (χ4n) is 4.15. The number of nitro groups is 1. The minimum Gasteiger partial charge on any atom is -0.436 e. The zero-order valence-electron chi connectivity index (χ0n) is 18.4. The predicted octanol–water partition coefficient (Wildman–Crippen LogP) is 6.22. The van der Waals surface area contributed by atoms with Crippen LogP contribution in [0.1, 0.15) is 28.8 Å². The van der Waals surface area contributed by atoms with Crippen molar-refractivity contribution in [2.75, 3.05) is 23.3 Å². The molecular weight excluding hydrogens is 456 g/mol. The first kappa shape index (κ1) is 21.9. The van der Waals surface area contributed by atoms with Crippen LogP contribution in [0.3, 0.4) is 0 Å². The summed E-state index contributed by atoms with van der Waals surface area (Å²) in [5.41, 5.74) is 4.08. The van der Waals surface area contributed by atoms with E-state index in [1.54, 1.807) is 30.3 Å². The number of nitro benzene ring substituents is 1. The van der Waals surface area contributed by atoms with E-state index in [0.717, 1.165) is 37.0 Å². The van der Waals surface area contributed by atoms with Gasteiger partial charge in [0, 0.05) is 30.3 Å². The van der Waals surface area contributed by atoms with Gasteiger partial charge in [0.25, 0.3) is 11.6 Å². The molecule has 0 bridgehead atoms. The van der Waals surface area contributed by atoms with E-state index in [9.17, 15) is 14.9 Å². The van der Waals surface area contributed by atoms with Crippen LogP contribution in [0.25, 0.3) is 22.6 Å². The Kier molecular flexibility index (Phi) is 5.67. The quantitative estimate of drug-likeness (QED) is 0.271. The minimum absolute atomic E-state index is 0.0869. The third-order valence-electron chi connectivity index (χ3n) is 5.89. The molecule has 3 aromatic carbocycles. The highest BCUT2D eigenvalue weighted by Gasteiger charge is 2.24. The maximum absolute atomic E-state index is 13.0. The Morgan fingerprint density at radius 2 is 1.91 bits per heavy atom. The van der Waals surface area contributed by atoms with Crippen molar-refractivity contribution < 1.29 is 14.1 Å². The summed E-state index contributed by atoms with van der Waals surface area (Å²) in [6.45, 7) is 3.51. The summed E-state index contributed by atoms with van der Waals surface area (Å²) in [7, 11) is 0. The Bertz CT molecular complexity index is 1430. The molecule has 5 rings (SSSR count). The van der Waals surface area contributed by atoms with Crippen molar-refractivity contribution >= 4 is 45.7 Å². The molecule has 34 heavy (non-hydrogen) atoms. The number of aromatic nitrogens is 1. The van der Waals surface area contributed by atoms with Crippen molar-refractivity contribution in [3.63, 3.8) is 0 Å². The largest absolute Gasteiger partial charge is 0.436 e. The van der Waals surface area contributed by atoms with Gasteiger partial charge in [0.15, 0.2) is 5.58 Å². The van der Waals surface area contributed by atoms with E-state index in [2.05, 4.69) is 10.3 Å². The van der Waals surface area contributed by atoms with Gasteiger partial charge in [-0.25, -0.2) is 4.98 Å². The molecule has 1 aliphatic rings. The molecule has 8 nitrogen and oxygen atoms in total. The lowest BCUT2D eigenvalue weighted by molar-refractivity contribution is -0.384. The number of hydrogen-bond donors (Lipinski definition) is 1. The second-order valence-electron chi connectivity index (χ2n) is 8.29. The van der Waals surface area contributed by atoms with Gasteiger partial charge in [0.2, 0.25) is 5.89 Å². The molecular formula is C25H21ClN4O4. The van der Waals surface area contributed by atoms with Gasteiger partial charge in [-0.05, 0) is 67.8 Å². The number of hydrogen-bond acceptors (Lipinski definition) is 6. The van der Waals surface area contributed by atoms with Crippen LogP contribution in [0.15, 0.2) is 59.0 Å². The third-order valence-corrected chi connectivity index (χ3v) is 6.22. The van der Waals surface area contributed by atoms with Crippen molar-refractivity contribution in [3.05, 3.63) is 80.9 Å². The zero-order valence-corrected chi connectivity index (χ0v) is 19.1. The van der Waals surface area contributed by atoms with Crippen LogP contribution in [-0.4, -0.2) is 28.9 Å². The molecule has 1 fully saturated rings. The monoisotopic (exact) mass is 476 g/mol. The molecule has 0 radical (unpaired) electrons. The number of fused-ring (bicyclic) bond motifs is 1. The molecule has 1 saturated heterocycles. The van der Waals surface area contributed by atoms with E-state index < -0.39 is 10.8 Å². The normalized spacial score (nSPS) is 13.4. The zero-order chi connectivity index (χ0) is 23.8. The SMILES string of the molecule is Cc1ccc2oc(-c3ccc(Cl)c(NC(=O)c4ccc(N5CCCC5)c([N+](=O)[O-])c4)c3)nc2c1. The summed E-state index contributed by atoms with van der Waals surface area (Å²) in [5, 5.41) is 14.8. The number of nitrogens with one attached hydrogen (secondary N) is 1. The van der Waals surface area contributed by atoms with Gasteiger partial charge in [0.1, 0.15) is 11.2 Å². The number of rotatable bonds is 5. The van der Waals surface area contributed by atoms with Gasteiger partial charge in [-0.1, -0.05) is 17.7 Å².